The van der Waals surface area contributed by atoms with Crippen LogP contribution in [0.3, 0.4) is 0 Å². The molecule has 0 spiro atoms. The molecule has 0 radical (unpaired) electrons. The van der Waals surface area contributed by atoms with Gasteiger partial charge < -0.3 is 10.4 Å². The Labute approximate surface area is 234 Å². The van der Waals surface area contributed by atoms with Gasteiger partial charge in [0.15, 0.2) is 0 Å². The molecule has 0 fully saturated rings. The van der Waals surface area contributed by atoms with Crippen molar-refractivity contribution in [3.63, 3.8) is 0 Å². The third-order valence-corrected chi connectivity index (χ3v) is 7.69. The molecule has 1 amide bonds. The number of nitrogens with one attached hydrogen (secondary N) is 1. The Hall–Kier alpha value is -1.18. The number of aliphatic hydroxyl groups is 1. The van der Waals surface area contributed by atoms with E-state index < -0.39 is 28.0 Å². The number of amides is 1. The largest absolute Gasteiger partial charge is 0.391 e. The van der Waals surface area contributed by atoms with Gasteiger partial charge in [0.05, 0.1) is 17.9 Å². The molecular weight excluding hydrogens is 498 g/mol. The second kappa shape index (κ2) is 26.1. The number of rotatable bonds is 27. The topological polar surface area (TPSA) is 104 Å². The molecule has 38 heavy (non-hydrogen) atoms. The molecule has 0 saturated carbocycles. The molecule has 0 aromatic carbocycles. The summed E-state index contributed by atoms with van der Waals surface area (Å²) in [6.45, 7) is 4.39. The highest BCUT2D eigenvalue weighted by atomic mass is 32.2. The summed E-state index contributed by atoms with van der Waals surface area (Å²) >= 11 is 0. The molecule has 2 atom stereocenters. The summed E-state index contributed by atoms with van der Waals surface area (Å²) in [5.41, 5.74) is 0. The number of carbonyl (C=O) groups is 1. The molecule has 0 bridgehead atoms. The third-order valence-electron chi connectivity index (χ3n) is 6.91. The number of hydrogen-bond donors (Lipinski definition) is 3. The summed E-state index contributed by atoms with van der Waals surface area (Å²) in [5.74, 6) is -0.913. The number of aliphatic hydroxyl groups excluding tert-OH is 1. The highest BCUT2D eigenvalue weighted by Gasteiger charge is 2.25. The van der Waals surface area contributed by atoms with Crippen LogP contribution in [0.4, 0.5) is 0 Å². The number of carbonyl (C=O) groups excluding carboxylic acids is 1. The molecule has 0 heterocycles. The van der Waals surface area contributed by atoms with Gasteiger partial charge in [-0.1, -0.05) is 122 Å². The number of hydrogen-bond acceptors (Lipinski definition) is 4. The van der Waals surface area contributed by atoms with E-state index in [0.717, 1.165) is 64.2 Å². The van der Waals surface area contributed by atoms with E-state index in [-0.39, 0.29) is 5.91 Å². The lowest BCUT2D eigenvalue weighted by atomic mass is 10.0. The number of unbranched alkanes of at least 4 members (excludes halogenated alkanes) is 15. The molecule has 224 valence electrons. The van der Waals surface area contributed by atoms with Crippen molar-refractivity contribution < 1.29 is 22.9 Å². The van der Waals surface area contributed by atoms with Gasteiger partial charge in [-0.3, -0.25) is 9.35 Å². The van der Waals surface area contributed by atoms with Crippen LogP contribution in [-0.4, -0.2) is 41.9 Å². The minimum Gasteiger partial charge on any atom is -0.391 e. The van der Waals surface area contributed by atoms with E-state index in [2.05, 4.69) is 43.5 Å². The minimum absolute atomic E-state index is 0.261. The Balaban J connectivity index is 3.91. The second-order valence-electron chi connectivity index (χ2n) is 10.7. The van der Waals surface area contributed by atoms with E-state index in [1.54, 1.807) is 0 Å². The van der Waals surface area contributed by atoms with Crippen LogP contribution in [0.15, 0.2) is 24.3 Å². The van der Waals surface area contributed by atoms with Gasteiger partial charge in [0.1, 0.15) is 0 Å². The van der Waals surface area contributed by atoms with Crippen molar-refractivity contribution in [2.45, 2.75) is 161 Å². The lowest BCUT2D eigenvalue weighted by molar-refractivity contribution is -0.122. The van der Waals surface area contributed by atoms with Crippen LogP contribution >= 0.6 is 0 Å². The maximum absolute atomic E-state index is 12.3. The maximum atomic E-state index is 12.3. The second-order valence-corrected chi connectivity index (χ2v) is 12.2. The molecule has 0 saturated heterocycles. The lowest BCUT2D eigenvalue weighted by Crippen LogP contribution is -2.47. The van der Waals surface area contributed by atoms with Crippen molar-refractivity contribution in [2.24, 2.45) is 0 Å². The summed E-state index contributed by atoms with van der Waals surface area (Å²) in [6.07, 6.45) is 30.1. The van der Waals surface area contributed by atoms with E-state index in [1.165, 1.54) is 57.8 Å². The first kappa shape index (κ1) is 36.8. The van der Waals surface area contributed by atoms with Gasteiger partial charge in [0, 0.05) is 6.42 Å². The van der Waals surface area contributed by atoms with Gasteiger partial charge >= 0.3 is 0 Å². The maximum Gasteiger partial charge on any atom is 0.266 e. The Morgan fingerprint density at radius 1 is 0.711 bits per heavy atom. The minimum atomic E-state index is -4.29. The van der Waals surface area contributed by atoms with Gasteiger partial charge in [-0.05, 0) is 44.9 Å². The average molecular weight is 558 g/mol. The Bertz CT molecular complexity index is 705. The molecule has 0 aromatic rings. The van der Waals surface area contributed by atoms with Crippen LogP contribution in [0.1, 0.15) is 149 Å². The fraction of sp³-hybridized carbons (Fsp3) is 0.839. The third kappa shape index (κ3) is 26.4. The van der Waals surface area contributed by atoms with E-state index >= 15 is 0 Å². The van der Waals surface area contributed by atoms with Crippen LogP contribution in [0.2, 0.25) is 0 Å². The standard InChI is InChI=1S/C31H59NO5S/c1-3-5-7-9-11-12-13-14-15-16-17-18-19-20-21-23-25-27-31(34)32-29(28-38(35,36)37)30(33)26-24-22-10-8-6-4-2/h11-12,14-15,29-30,33H,3-10,13,16-28H2,1-2H3,(H,32,34)(H,35,36,37)/b12-11-,15-14-. The van der Waals surface area contributed by atoms with E-state index in [1.807, 2.05) is 0 Å². The van der Waals surface area contributed by atoms with Gasteiger partial charge in [-0.15, -0.1) is 0 Å². The molecular formula is C31H59NO5S. The molecule has 0 aromatic heterocycles. The first-order valence-electron chi connectivity index (χ1n) is 15.5. The van der Waals surface area contributed by atoms with Crippen molar-refractivity contribution in [1.29, 1.82) is 0 Å². The van der Waals surface area contributed by atoms with Crippen molar-refractivity contribution in [3.05, 3.63) is 24.3 Å². The quantitative estimate of drug-likeness (QED) is 0.0538. The summed E-state index contributed by atoms with van der Waals surface area (Å²) in [7, 11) is -4.29. The van der Waals surface area contributed by atoms with Crippen LogP contribution < -0.4 is 5.32 Å². The normalized spacial score (nSPS) is 13.9. The van der Waals surface area contributed by atoms with Crippen LogP contribution in [-0.2, 0) is 14.9 Å². The Kier molecular flexibility index (Phi) is 25.3. The Morgan fingerprint density at radius 3 is 1.76 bits per heavy atom. The highest BCUT2D eigenvalue weighted by Crippen LogP contribution is 2.13. The van der Waals surface area contributed by atoms with Gasteiger partial charge in [-0.25, -0.2) is 0 Å². The average Bonchev–Trinajstić information content (AvgIpc) is 2.86. The zero-order valence-electron chi connectivity index (χ0n) is 24.5. The van der Waals surface area contributed by atoms with Gasteiger partial charge in [0.25, 0.3) is 10.1 Å². The molecule has 6 nitrogen and oxygen atoms in total. The van der Waals surface area contributed by atoms with Gasteiger partial charge in [0.2, 0.25) is 5.91 Å². The van der Waals surface area contributed by atoms with Crippen LogP contribution in [0.25, 0.3) is 0 Å². The van der Waals surface area contributed by atoms with E-state index in [4.69, 9.17) is 0 Å². The van der Waals surface area contributed by atoms with Gasteiger partial charge in [-0.2, -0.15) is 8.42 Å². The predicted octanol–water partition coefficient (Wildman–Crippen LogP) is 8.06. The molecule has 2 unspecified atom stereocenters. The fourth-order valence-corrected chi connectivity index (χ4v) is 5.30. The SMILES string of the molecule is CCCCC/C=C\C/C=C\CCCCCCCCCC(=O)NC(CS(=O)(=O)O)C(O)CCCCCCCC. The zero-order valence-corrected chi connectivity index (χ0v) is 25.4. The first-order valence-corrected chi connectivity index (χ1v) is 17.1. The predicted molar refractivity (Wildman–Crippen MR) is 161 cm³/mol. The number of allylic oxidation sites excluding steroid dienone is 4. The molecule has 0 aliphatic heterocycles. The van der Waals surface area contributed by atoms with Crippen molar-refractivity contribution >= 4 is 16.0 Å². The zero-order chi connectivity index (χ0) is 28.3. The first-order chi connectivity index (χ1) is 18.3. The van der Waals surface area contributed by atoms with Crippen molar-refractivity contribution in [1.82, 2.24) is 5.32 Å². The molecule has 0 aliphatic rings. The molecule has 3 N–H and O–H groups in total. The highest BCUT2D eigenvalue weighted by molar-refractivity contribution is 7.85. The summed E-state index contributed by atoms with van der Waals surface area (Å²) in [6, 6.07) is -0.969. The fourth-order valence-electron chi connectivity index (χ4n) is 4.54. The van der Waals surface area contributed by atoms with Crippen LogP contribution in [0.5, 0.6) is 0 Å². The summed E-state index contributed by atoms with van der Waals surface area (Å²) in [4.78, 5) is 12.3. The Morgan fingerprint density at radius 2 is 1.18 bits per heavy atom. The van der Waals surface area contributed by atoms with E-state index in [0.29, 0.717) is 12.8 Å². The van der Waals surface area contributed by atoms with Crippen molar-refractivity contribution in [3.8, 4) is 0 Å². The van der Waals surface area contributed by atoms with E-state index in [9.17, 15) is 22.9 Å². The molecule has 0 rings (SSSR count). The van der Waals surface area contributed by atoms with Crippen molar-refractivity contribution in [2.75, 3.05) is 5.75 Å². The lowest BCUT2D eigenvalue weighted by Gasteiger charge is -2.23. The van der Waals surface area contributed by atoms with Crippen LogP contribution in [0, 0.1) is 0 Å². The molecule has 7 heteroatoms. The summed E-state index contributed by atoms with van der Waals surface area (Å²) in [5, 5.41) is 13.1. The smallest absolute Gasteiger partial charge is 0.266 e. The summed E-state index contributed by atoms with van der Waals surface area (Å²) < 4.78 is 32.0. The monoisotopic (exact) mass is 557 g/mol. The molecule has 0 aliphatic carbocycles.